The number of fused-ring (bicyclic) bond motifs is 1. The topological polar surface area (TPSA) is 117 Å². The first kappa shape index (κ1) is 22.2. The number of aliphatic hydroxyl groups excluding tert-OH is 3. The molecule has 2 fully saturated rings. The first-order valence-corrected chi connectivity index (χ1v) is 11.6. The highest BCUT2D eigenvalue weighted by molar-refractivity contribution is 5.83. The lowest BCUT2D eigenvalue weighted by atomic mass is 10.0. The van der Waals surface area contributed by atoms with E-state index in [2.05, 4.69) is 51.9 Å². The van der Waals surface area contributed by atoms with Crippen molar-refractivity contribution in [3.8, 4) is 0 Å². The van der Waals surface area contributed by atoms with E-state index >= 15 is 0 Å². The molecule has 9 heteroatoms. The molecule has 1 saturated heterocycles. The van der Waals surface area contributed by atoms with Gasteiger partial charge in [0.1, 0.15) is 24.6 Å². The van der Waals surface area contributed by atoms with Crippen LogP contribution >= 0.6 is 0 Å². The highest BCUT2D eigenvalue weighted by atomic mass is 16.6. The molecule has 2 aliphatic rings. The Labute approximate surface area is 192 Å². The van der Waals surface area contributed by atoms with E-state index < -0.39 is 24.5 Å². The summed E-state index contributed by atoms with van der Waals surface area (Å²) in [4.78, 5) is 16.0. The average Bonchev–Trinajstić information content (AvgIpc) is 3.54. The lowest BCUT2D eigenvalue weighted by molar-refractivity contribution is -0.0511. The van der Waals surface area contributed by atoms with Crippen molar-refractivity contribution in [1.29, 1.82) is 0 Å². The lowest BCUT2D eigenvalue weighted by Crippen LogP contribution is -2.34. The van der Waals surface area contributed by atoms with Gasteiger partial charge in [-0.1, -0.05) is 36.6 Å². The first-order chi connectivity index (χ1) is 16.0. The molecule has 2 aromatic heterocycles. The summed E-state index contributed by atoms with van der Waals surface area (Å²) < 4.78 is 7.33. The molecule has 9 nitrogen and oxygen atoms in total. The Balaban J connectivity index is 1.54. The highest BCUT2D eigenvalue weighted by Crippen LogP contribution is 2.35. The minimum absolute atomic E-state index is 0.364. The van der Waals surface area contributed by atoms with Crippen LogP contribution < -0.4 is 4.90 Å². The molecule has 0 unspecified atom stereocenters. The smallest absolute Gasteiger partial charge is 0.167 e. The summed E-state index contributed by atoms with van der Waals surface area (Å²) in [5.41, 5.74) is 4.90. The van der Waals surface area contributed by atoms with E-state index in [0.29, 0.717) is 17.2 Å². The third kappa shape index (κ3) is 3.99. The van der Waals surface area contributed by atoms with Crippen LogP contribution in [0, 0.1) is 13.8 Å². The number of aryl methyl sites for hydroxylation is 2. The van der Waals surface area contributed by atoms with Gasteiger partial charge in [-0.2, -0.15) is 0 Å². The average molecular weight is 454 g/mol. The van der Waals surface area contributed by atoms with E-state index in [0.717, 1.165) is 25.2 Å². The van der Waals surface area contributed by atoms with E-state index in [1.807, 2.05) is 0 Å². The van der Waals surface area contributed by atoms with E-state index in [4.69, 9.17) is 4.74 Å². The molecule has 0 amide bonds. The van der Waals surface area contributed by atoms with Crippen LogP contribution in [0.2, 0.25) is 0 Å². The molecule has 176 valence electrons. The molecule has 1 aliphatic heterocycles. The highest BCUT2D eigenvalue weighted by Gasteiger charge is 2.44. The molecule has 1 saturated carbocycles. The zero-order valence-corrected chi connectivity index (χ0v) is 19.0. The van der Waals surface area contributed by atoms with Crippen molar-refractivity contribution in [2.45, 2.75) is 76.7 Å². The van der Waals surface area contributed by atoms with Crippen LogP contribution in [0.1, 0.15) is 48.6 Å². The fourth-order valence-corrected chi connectivity index (χ4v) is 5.15. The Morgan fingerprint density at radius 1 is 1.09 bits per heavy atom. The fraction of sp³-hybridized carbons (Fsp3) is 0.542. The van der Waals surface area contributed by atoms with Crippen molar-refractivity contribution in [3.05, 3.63) is 47.5 Å². The van der Waals surface area contributed by atoms with Crippen molar-refractivity contribution in [3.63, 3.8) is 0 Å². The number of aromatic nitrogens is 4. The summed E-state index contributed by atoms with van der Waals surface area (Å²) in [6.45, 7) is 4.58. The van der Waals surface area contributed by atoms with Crippen molar-refractivity contribution < 1.29 is 20.1 Å². The molecule has 1 aliphatic carbocycles. The zero-order chi connectivity index (χ0) is 23.1. The Kier molecular flexibility index (Phi) is 6.05. The van der Waals surface area contributed by atoms with Crippen LogP contribution in [0.15, 0.2) is 30.9 Å². The molecule has 0 spiro atoms. The molecular formula is C24H31N5O4. The summed E-state index contributed by atoms with van der Waals surface area (Å²) in [5, 5.41) is 30.1. The molecule has 3 heterocycles. The van der Waals surface area contributed by atoms with Gasteiger partial charge in [0.2, 0.25) is 0 Å². The van der Waals surface area contributed by atoms with Crippen LogP contribution in [-0.4, -0.2) is 65.8 Å². The Bertz CT molecular complexity index is 1130. The maximum atomic E-state index is 10.5. The van der Waals surface area contributed by atoms with E-state index in [9.17, 15) is 15.3 Å². The molecule has 3 N–H and O–H groups in total. The zero-order valence-electron chi connectivity index (χ0n) is 19.0. The Morgan fingerprint density at radius 2 is 1.88 bits per heavy atom. The molecule has 0 bridgehead atoms. The lowest BCUT2D eigenvalue weighted by Gasteiger charge is -2.31. The van der Waals surface area contributed by atoms with Gasteiger partial charge in [-0.05, 0) is 37.8 Å². The second-order valence-corrected chi connectivity index (χ2v) is 9.25. The predicted molar refractivity (Wildman–Crippen MR) is 123 cm³/mol. The third-order valence-electron chi connectivity index (χ3n) is 7.01. The van der Waals surface area contributed by atoms with Crippen LogP contribution in [0.4, 0.5) is 5.82 Å². The number of hydrogen-bond donors (Lipinski definition) is 3. The predicted octanol–water partition coefficient (Wildman–Crippen LogP) is 2.00. The second-order valence-electron chi connectivity index (χ2n) is 9.25. The molecule has 5 rings (SSSR count). The van der Waals surface area contributed by atoms with E-state index in [1.54, 1.807) is 10.9 Å². The molecule has 3 aromatic rings. The van der Waals surface area contributed by atoms with Crippen LogP contribution in [-0.2, 0) is 11.3 Å². The number of imidazole rings is 1. The van der Waals surface area contributed by atoms with Crippen molar-refractivity contribution in [2.75, 3.05) is 11.5 Å². The van der Waals surface area contributed by atoms with Gasteiger partial charge in [0.05, 0.1) is 12.9 Å². The quantitative estimate of drug-likeness (QED) is 0.519. The SMILES string of the molecule is Cc1ccc(CN(c2ncnc3c2ncn3[C@@H]2O[C@H](CO)[C@@H](O)[C@H]2O)C2CCCC2)c(C)c1. The Hall–Kier alpha value is -2.59. The van der Waals surface area contributed by atoms with Crippen LogP contribution in [0.3, 0.4) is 0 Å². The maximum absolute atomic E-state index is 10.5. The molecule has 4 atom stereocenters. The second kappa shape index (κ2) is 8.98. The summed E-state index contributed by atoms with van der Waals surface area (Å²) in [7, 11) is 0. The van der Waals surface area contributed by atoms with E-state index in [-0.39, 0.29) is 6.61 Å². The minimum Gasteiger partial charge on any atom is -0.394 e. The number of aliphatic hydroxyl groups is 3. The van der Waals surface area contributed by atoms with Gasteiger partial charge in [-0.25, -0.2) is 15.0 Å². The number of ether oxygens (including phenoxy) is 1. The van der Waals surface area contributed by atoms with Gasteiger partial charge < -0.3 is 25.0 Å². The standard InChI is InChI=1S/C24H31N5O4/c1-14-7-8-16(15(2)9-14)10-28(17-5-3-4-6-17)22-19-23(26-12-25-22)29(13-27-19)24-21(32)20(31)18(11-30)33-24/h7-9,12-13,17-18,20-21,24,30-32H,3-6,10-11H2,1-2H3/t18-,20-,21-,24-/m1/s1. The Morgan fingerprint density at radius 3 is 2.58 bits per heavy atom. The first-order valence-electron chi connectivity index (χ1n) is 11.6. The van der Waals surface area contributed by atoms with Crippen molar-refractivity contribution in [1.82, 2.24) is 19.5 Å². The third-order valence-corrected chi connectivity index (χ3v) is 7.01. The number of benzene rings is 1. The van der Waals surface area contributed by atoms with Gasteiger partial charge in [0, 0.05) is 12.6 Å². The minimum atomic E-state index is -1.20. The monoisotopic (exact) mass is 453 g/mol. The molecule has 33 heavy (non-hydrogen) atoms. The number of hydrogen-bond acceptors (Lipinski definition) is 8. The van der Waals surface area contributed by atoms with Gasteiger partial charge >= 0.3 is 0 Å². The summed E-state index contributed by atoms with van der Waals surface area (Å²) in [6.07, 6.45) is 3.55. The van der Waals surface area contributed by atoms with E-state index in [1.165, 1.54) is 35.9 Å². The van der Waals surface area contributed by atoms with Crippen molar-refractivity contribution >= 4 is 17.0 Å². The number of rotatable bonds is 6. The molecule has 0 radical (unpaired) electrons. The fourth-order valence-electron chi connectivity index (χ4n) is 5.15. The maximum Gasteiger partial charge on any atom is 0.167 e. The molecular weight excluding hydrogens is 422 g/mol. The van der Waals surface area contributed by atoms with Crippen LogP contribution in [0.25, 0.3) is 11.2 Å². The number of nitrogens with zero attached hydrogens (tertiary/aromatic N) is 5. The van der Waals surface area contributed by atoms with Gasteiger partial charge in [0.15, 0.2) is 23.2 Å². The number of anilines is 1. The molecule has 1 aromatic carbocycles. The summed E-state index contributed by atoms with van der Waals surface area (Å²) in [5.74, 6) is 0.761. The van der Waals surface area contributed by atoms with Crippen molar-refractivity contribution in [2.24, 2.45) is 0 Å². The van der Waals surface area contributed by atoms with Gasteiger partial charge in [-0.15, -0.1) is 0 Å². The summed E-state index contributed by atoms with van der Waals surface area (Å²) in [6, 6.07) is 6.89. The largest absolute Gasteiger partial charge is 0.394 e. The van der Waals surface area contributed by atoms with Crippen LogP contribution in [0.5, 0.6) is 0 Å². The van der Waals surface area contributed by atoms with Gasteiger partial charge in [0.25, 0.3) is 0 Å². The summed E-state index contributed by atoms with van der Waals surface area (Å²) >= 11 is 0. The van der Waals surface area contributed by atoms with Gasteiger partial charge in [-0.3, -0.25) is 4.57 Å². The normalized spacial score (nSPS) is 25.8.